The van der Waals surface area contributed by atoms with Crippen molar-refractivity contribution in [3.05, 3.63) is 58.8 Å². The van der Waals surface area contributed by atoms with Crippen LogP contribution >= 0.6 is 24.0 Å². The third-order valence-corrected chi connectivity index (χ3v) is 4.92. The van der Waals surface area contributed by atoms with Crippen LogP contribution < -0.4 is 14.9 Å². The molecule has 0 spiro atoms. The average molecular weight is 401 g/mol. The monoisotopic (exact) mass is 401 g/mol. The lowest BCUT2D eigenvalue weighted by molar-refractivity contribution is -0.123. The number of pyridine rings is 1. The number of benzene rings is 1. The summed E-state index contributed by atoms with van der Waals surface area (Å²) in [7, 11) is 2.98. The van der Waals surface area contributed by atoms with E-state index in [1.54, 1.807) is 36.5 Å². The topological polar surface area (TPSA) is 80.8 Å². The predicted octanol–water partition coefficient (Wildman–Crippen LogP) is 2.65. The van der Waals surface area contributed by atoms with Crippen LogP contribution in [0.25, 0.3) is 6.08 Å². The zero-order valence-electron chi connectivity index (χ0n) is 14.5. The highest BCUT2D eigenvalue weighted by molar-refractivity contribution is 8.26. The quantitative estimate of drug-likeness (QED) is 0.609. The number of rotatable bonds is 5. The molecule has 1 aliphatic heterocycles. The van der Waals surface area contributed by atoms with E-state index >= 15 is 0 Å². The maximum absolute atomic E-state index is 12.6. The van der Waals surface area contributed by atoms with Crippen molar-refractivity contribution in [3.8, 4) is 11.5 Å². The van der Waals surface area contributed by atoms with Crippen LogP contribution in [0.5, 0.6) is 11.5 Å². The van der Waals surface area contributed by atoms with Crippen LogP contribution in [0, 0.1) is 0 Å². The summed E-state index contributed by atoms with van der Waals surface area (Å²) in [5, 5.41) is 1.05. The molecule has 0 saturated carbocycles. The molecule has 9 heteroatoms. The number of hydrazine groups is 1. The highest BCUT2D eigenvalue weighted by atomic mass is 32.2. The first kappa shape index (κ1) is 18.9. The number of ether oxygens (including phenoxy) is 2. The first-order chi connectivity index (χ1) is 13.0. The molecule has 1 aliphatic rings. The normalized spacial score (nSPS) is 15.2. The summed E-state index contributed by atoms with van der Waals surface area (Å²) in [6.45, 7) is 0. The van der Waals surface area contributed by atoms with E-state index in [2.05, 4.69) is 10.4 Å². The summed E-state index contributed by atoms with van der Waals surface area (Å²) in [5.41, 5.74) is 3.45. The van der Waals surface area contributed by atoms with Gasteiger partial charge in [-0.2, -0.15) is 5.01 Å². The molecule has 0 unspecified atom stereocenters. The molecule has 0 bridgehead atoms. The zero-order chi connectivity index (χ0) is 19.4. The lowest BCUT2D eigenvalue weighted by Crippen LogP contribution is -2.44. The van der Waals surface area contributed by atoms with E-state index in [1.807, 2.05) is 6.07 Å². The molecular formula is C18H15N3O4S2. The number of thioether (sulfide) groups is 1. The van der Waals surface area contributed by atoms with Crippen LogP contribution in [-0.4, -0.2) is 40.3 Å². The van der Waals surface area contributed by atoms with E-state index in [-0.39, 0.29) is 4.32 Å². The fourth-order valence-corrected chi connectivity index (χ4v) is 3.47. The highest BCUT2D eigenvalue weighted by Gasteiger charge is 2.34. The van der Waals surface area contributed by atoms with Gasteiger partial charge in [-0.25, -0.2) is 0 Å². The molecule has 1 saturated heterocycles. The minimum absolute atomic E-state index is 0.232. The number of methoxy groups -OCH3 is 2. The maximum atomic E-state index is 12.6. The molecule has 7 nitrogen and oxygen atoms in total. The van der Waals surface area contributed by atoms with Crippen molar-refractivity contribution < 1.29 is 19.1 Å². The Hall–Kier alpha value is -2.91. The van der Waals surface area contributed by atoms with Crippen molar-refractivity contribution in [2.45, 2.75) is 0 Å². The van der Waals surface area contributed by atoms with Gasteiger partial charge in [-0.15, -0.1) is 0 Å². The number of carbonyl (C=O) groups is 2. The van der Waals surface area contributed by atoms with E-state index < -0.39 is 11.8 Å². The largest absolute Gasteiger partial charge is 0.493 e. The molecule has 1 aromatic carbocycles. The number of thiocarbonyl (C=S) groups is 1. The first-order valence-corrected chi connectivity index (χ1v) is 8.98. The molecule has 1 N–H and O–H groups in total. The molecule has 1 aromatic heterocycles. The van der Waals surface area contributed by atoms with Crippen LogP contribution in [-0.2, 0) is 4.79 Å². The van der Waals surface area contributed by atoms with Gasteiger partial charge < -0.3 is 9.47 Å². The molecule has 2 heterocycles. The van der Waals surface area contributed by atoms with Crippen LogP contribution in [0.15, 0.2) is 47.5 Å². The molecule has 27 heavy (non-hydrogen) atoms. The Labute approximate surface area is 165 Å². The van der Waals surface area contributed by atoms with Gasteiger partial charge in [0.25, 0.3) is 11.8 Å². The minimum Gasteiger partial charge on any atom is -0.493 e. The summed E-state index contributed by atoms with van der Waals surface area (Å²) in [6, 6.07) is 10.1. The van der Waals surface area contributed by atoms with Gasteiger partial charge in [0.15, 0.2) is 15.8 Å². The molecular weight excluding hydrogens is 386 g/mol. The number of amides is 2. The Morgan fingerprint density at radius 3 is 2.67 bits per heavy atom. The minimum atomic E-state index is -0.494. The smallest absolute Gasteiger partial charge is 0.285 e. The Kier molecular flexibility index (Phi) is 5.72. The van der Waals surface area contributed by atoms with Crippen LogP contribution in [0.2, 0.25) is 0 Å². The van der Waals surface area contributed by atoms with Crippen molar-refractivity contribution in [1.82, 2.24) is 15.4 Å². The van der Waals surface area contributed by atoms with Gasteiger partial charge in [0, 0.05) is 11.8 Å². The van der Waals surface area contributed by atoms with E-state index in [0.29, 0.717) is 27.7 Å². The number of hydrogen-bond acceptors (Lipinski definition) is 7. The number of carbonyl (C=O) groups excluding carboxylic acids is 2. The molecule has 3 rings (SSSR count). The first-order valence-electron chi connectivity index (χ1n) is 7.75. The van der Waals surface area contributed by atoms with Gasteiger partial charge in [-0.05, 0) is 48.6 Å². The lowest BCUT2D eigenvalue weighted by atomic mass is 10.2. The van der Waals surface area contributed by atoms with E-state index in [0.717, 1.165) is 16.8 Å². The Morgan fingerprint density at radius 2 is 2.00 bits per heavy atom. The molecule has 0 aliphatic carbocycles. The van der Waals surface area contributed by atoms with Crippen LogP contribution in [0.3, 0.4) is 0 Å². The molecule has 1 fully saturated rings. The average Bonchev–Trinajstić information content (AvgIpc) is 2.95. The SMILES string of the molecule is COc1ccc(C(=O)NN2C(=O)/C(=C/c3ccccn3)SC2=S)cc1OC. The number of aromatic nitrogens is 1. The number of nitrogens with zero attached hydrogens (tertiary/aromatic N) is 2. The summed E-state index contributed by atoms with van der Waals surface area (Å²) >= 11 is 6.31. The summed E-state index contributed by atoms with van der Waals surface area (Å²) in [6.07, 6.45) is 3.26. The Balaban J connectivity index is 1.77. The van der Waals surface area contributed by atoms with Crippen molar-refractivity contribution in [2.24, 2.45) is 0 Å². The Bertz CT molecular complexity index is 931. The van der Waals surface area contributed by atoms with Crippen LogP contribution in [0.1, 0.15) is 16.1 Å². The second-order valence-electron chi connectivity index (χ2n) is 5.28. The van der Waals surface area contributed by atoms with E-state index in [4.69, 9.17) is 21.7 Å². The Morgan fingerprint density at radius 1 is 1.22 bits per heavy atom. The summed E-state index contributed by atoms with van der Waals surface area (Å²) in [4.78, 5) is 29.6. The second-order valence-corrected chi connectivity index (χ2v) is 6.96. The fraction of sp³-hybridized carbons (Fsp3) is 0.111. The van der Waals surface area contributed by atoms with Crippen molar-refractivity contribution in [1.29, 1.82) is 0 Å². The summed E-state index contributed by atoms with van der Waals surface area (Å²) < 4.78 is 10.6. The standard InChI is InChI=1S/C18H15N3O4S2/c1-24-13-7-6-11(9-14(13)25-2)16(22)20-21-17(23)15(27-18(21)26)10-12-5-3-4-8-19-12/h3-10H,1-2H3,(H,20,22)/b15-10-. The van der Waals surface area contributed by atoms with Gasteiger partial charge in [-0.3, -0.25) is 20.0 Å². The molecule has 2 amide bonds. The lowest BCUT2D eigenvalue weighted by Gasteiger charge is -2.16. The van der Waals surface area contributed by atoms with E-state index in [9.17, 15) is 9.59 Å². The molecule has 138 valence electrons. The van der Waals surface area contributed by atoms with E-state index in [1.165, 1.54) is 20.3 Å². The number of hydrogen-bond donors (Lipinski definition) is 1. The van der Waals surface area contributed by atoms with Crippen molar-refractivity contribution >= 4 is 46.2 Å². The number of nitrogens with one attached hydrogen (secondary N) is 1. The highest BCUT2D eigenvalue weighted by Crippen LogP contribution is 2.31. The second kappa shape index (κ2) is 8.19. The molecule has 0 radical (unpaired) electrons. The zero-order valence-corrected chi connectivity index (χ0v) is 16.1. The van der Waals surface area contributed by atoms with Gasteiger partial charge in [0.1, 0.15) is 0 Å². The van der Waals surface area contributed by atoms with Crippen molar-refractivity contribution in [2.75, 3.05) is 14.2 Å². The fourth-order valence-electron chi connectivity index (χ4n) is 2.30. The van der Waals surface area contributed by atoms with Gasteiger partial charge in [0.2, 0.25) is 0 Å². The van der Waals surface area contributed by atoms with Gasteiger partial charge >= 0.3 is 0 Å². The maximum Gasteiger partial charge on any atom is 0.285 e. The van der Waals surface area contributed by atoms with Gasteiger partial charge in [0.05, 0.1) is 24.8 Å². The third-order valence-electron chi connectivity index (χ3n) is 3.62. The molecule has 0 atom stereocenters. The van der Waals surface area contributed by atoms with Crippen molar-refractivity contribution in [3.63, 3.8) is 0 Å². The molecule has 2 aromatic rings. The predicted molar refractivity (Wildman–Crippen MR) is 106 cm³/mol. The van der Waals surface area contributed by atoms with Crippen LogP contribution in [0.4, 0.5) is 0 Å². The summed E-state index contributed by atoms with van der Waals surface area (Å²) in [5.74, 6) is -0.000591. The van der Waals surface area contributed by atoms with Gasteiger partial charge in [-0.1, -0.05) is 17.8 Å². The third kappa shape index (κ3) is 4.09.